The van der Waals surface area contributed by atoms with Crippen LogP contribution in [0.25, 0.3) is 26.9 Å². The Labute approximate surface area is 174 Å². The molecular weight excluding hydrogens is 402 g/mol. The molecule has 0 radical (unpaired) electrons. The van der Waals surface area contributed by atoms with Crippen LogP contribution in [0, 0.1) is 0 Å². The first-order chi connectivity index (χ1) is 14.7. The quantitative estimate of drug-likeness (QED) is 0.456. The van der Waals surface area contributed by atoms with Gasteiger partial charge in [-0.05, 0) is 30.3 Å². The van der Waals surface area contributed by atoms with Crippen molar-refractivity contribution in [3.05, 3.63) is 72.8 Å². The SMILES string of the molecule is COc1ccc(-c2nn3cnnc3s2)cc1NC(=O)c1ccc(-c2ccccc2)o1. The Morgan fingerprint density at radius 1 is 1.10 bits per heavy atom. The summed E-state index contributed by atoms with van der Waals surface area (Å²) in [7, 11) is 1.55. The summed E-state index contributed by atoms with van der Waals surface area (Å²) in [4.78, 5) is 13.5. The maximum Gasteiger partial charge on any atom is 0.291 e. The summed E-state index contributed by atoms with van der Waals surface area (Å²) in [5.74, 6) is 0.997. The molecule has 0 atom stereocenters. The van der Waals surface area contributed by atoms with Crippen molar-refractivity contribution in [1.29, 1.82) is 0 Å². The number of carbonyl (C=O) groups excluding carboxylic acids is 1. The molecule has 5 aromatic rings. The zero-order chi connectivity index (χ0) is 20.5. The van der Waals surface area contributed by atoms with Gasteiger partial charge >= 0.3 is 0 Å². The molecule has 9 heteroatoms. The predicted molar refractivity (Wildman–Crippen MR) is 113 cm³/mol. The van der Waals surface area contributed by atoms with Gasteiger partial charge in [0.15, 0.2) is 5.76 Å². The van der Waals surface area contributed by atoms with Crippen LogP contribution in [0.3, 0.4) is 0 Å². The van der Waals surface area contributed by atoms with Crippen molar-refractivity contribution < 1.29 is 13.9 Å². The van der Waals surface area contributed by atoms with E-state index in [1.165, 1.54) is 11.3 Å². The Morgan fingerprint density at radius 3 is 2.77 bits per heavy atom. The third kappa shape index (κ3) is 3.31. The first kappa shape index (κ1) is 18.1. The van der Waals surface area contributed by atoms with Gasteiger partial charge in [0.2, 0.25) is 4.96 Å². The van der Waals surface area contributed by atoms with Crippen molar-refractivity contribution in [3.8, 4) is 27.6 Å². The molecule has 0 aliphatic heterocycles. The molecule has 3 heterocycles. The van der Waals surface area contributed by atoms with Crippen molar-refractivity contribution in [2.75, 3.05) is 12.4 Å². The van der Waals surface area contributed by atoms with E-state index < -0.39 is 0 Å². The first-order valence-corrected chi connectivity index (χ1v) is 9.85. The van der Waals surface area contributed by atoms with Gasteiger partial charge in [-0.25, -0.2) is 0 Å². The molecule has 148 valence electrons. The fourth-order valence-electron chi connectivity index (χ4n) is 3.02. The molecule has 0 saturated carbocycles. The summed E-state index contributed by atoms with van der Waals surface area (Å²) in [5, 5.41) is 15.9. The number of ether oxygens (including phenoxy) is 1. The average molecular weight is 417 g/mol. The molecule has 0 aliphatic rings. The topological polar surface area (TPSA) is 94.5 Å². The molecular formula is C21H15N5O3S. The second-order valence-electron chi connectivity index (χ2n) is 6.36. The van der Waals surface area contributed by atoms with Crippen LogP contribution in [-0.2, 0) is 0 Å². The third-order valence-electron chi connectivity index (χ3n) is 4.47. The van der Waals surface area contributed by atoms with Crippen molar-refractivity contribution >= 4 is 27.9 Å². The standard InChI is InChI=1S/C21H15N5O3S/c1-28-17-8-7-14(20-25-26-12-22-24-21(26)30-20)11-15(17)23-19(27)18-10-9-16(29-18)13-5-3-2-4-6-13/h2-12H,1H3,(H,23,27). The molecule has 5 rings (SSSR count). The van der Waals surface area contributed by atoms with Gasteiger partial charge in [0, 0.05) is 11.1 Å². The number of methoxy groups -OCH3 is 1. The summed E-state index contributed by atoms with van der Waals surface area (Å²) in [6, 6.07) is 18.5. The number of rotatable bonds is 5. The van der Waals surface area contributed by atoms with Gasteiger partial charge in [-0.15, -0.1) is 10.2 Å². The van der Waals surface area contributed by atoms with Crippen molar-refractivity contribution in [1.82, 2.24) is 19.8 Å². The van der Waals surface area contributed by atoms with Crippen LogP contribution in [0.4, 0.5) is 5.69 Å². The third-order valence-corrected chi connectivity index (χ3v) is 5.43. The number of fused-ring (bicyclic) bond motifs is 1. The lowest BCUT2D eigenvalue weighted by Crippen LogP contribution is -2.11. The number of hydrogen-bond acceptors (Lipinski definition) is 7. The van der Waals surface area contributed by atoms with Crippen LogP contribution in [0.5, 0.6) is 5.75 Å². The highest BCUT2D eigenvalue weighted by Gasteiger charge is 2.16. The maximum atomic E-state index is 12.8. The van der Waals surface area contributed by atoms with Crippen LogP contribution in [-0.4, -0.2) is 32.8 Å². The summed E-state index contributed by atoms with van der Waals surface area (Å²) in [5.41, 5.74) is 2.24. The predicted octanol–water partition coefficient (Wildman–Crippen LogP) is 4.37. The lowest BCUT2D eigenvalue weighted by Gasteiger charge is -2.10. The van der Waals surface area contributed by atoms with E-state index in [1.54, 1.807) is 36.2 Å². The number of furan rings is 1. The zero-order valence-corrected chi connectivity index (χ0v) is 16.6. The normalized spacial score (nSPS) is 11.0. The monoisotopic (exact) mass is 417 g/mol. The number of hydrogen-bond donors (Lipinski definition) is 1. The van der Waals surface area contributed by atoms with Gasteiger partial charge in [-0.2, -0.15) is 9.61 Å². The van der Waals surface area contributed by atoms with Crippen LogP contribution in [0.15, 0.2) is 71.4 Å². The highest BCUT2D eigenvalue weighted by molar-refractivity contribution is 7.19. The first-order valence-electron chi connectivity index (χ1n) is 9.03. The summed E-state index contributed by atoms with van der Waals surface area (Å²) < 4.78 is 12.7. The van der Waals surface area contributed by atoms with E-state index in [1.807, 2.05) is 42.5 Å². The molecule has 8 nitrogen and oxygen atoms in total. The van der Waals surface area contributed by atoms with Gasteiger partial charge < -0.3 is 14.5 Å². The Balaban J connectivity index is 1.43. The number of aromatic nitrogens is 4. The minimum Gasteiger partial charge on any atom is -0.495 e. The molecule has 0 saturated heterocycles. The van der Waals surface area contributed by atoms with Crippen molar-refractivity contribution in [3.63, 3.8) is 0 Å². The van der Waals surface area contributed by atoms with Crippen LogP contribution >= 0.6 is 11.3 Å². The van der Waals surface area contributed by atoms with E-state index in [4.69, 9.17) is 9.15 Å². The molecule has 2 aromatic carbocycles. The van der Waals surface area contributed by atoms with Gasteiger partial charge in [-0.1, -0.05) is 41.7 Å². The zero-order valence-electron chi connectivity index (χ0n) is 15.8. The molecule has 1 N–H and O–H groups in total. The number of amides is 1. The highest BCUT2D eigenvalue weighted by atomic mass is 32.1. The second-order valence-corrected chi connectivity index (χ2v) is 7.32. The average Bonchev–Trinajstić information content (AvgIpc) is 3.50. The highest BCUT2D eigenvalue weighted by Crippen LogP contribution is 2.33. The molecule has 3 aromatic heterocycles. The molecule has 0 spiro atoms. The summed E-state index contributed by atoms with van der Waals surface area (Å²) in [6.45, 7) is 0. The number of nitrogens with one attached hydrogen (secondary N) is 1. The molecule has 0 fully saturated rings. The minimum atomic E-state index is -0.370. The van der Waals surface area contributed by atoms with E-state index in [0.29, 0.717) is 22.2 Å². The largest absolute Gasteiger partial charge is 0.495 e. The lowest BCUT2D eigenvalue weighted by atomic mass is 10.2. The molecule has 0 unspecified atom stereocenters. The van der Waals surface area contributed by atoms with Crippen LogP contribution in [0.2, 0.25) is 0 Å². The van der Waals surface area contributed by atoms with Gasteiger partial charge in [0.05, 0.1) is 12.8 Å². The van der Waals surface area contributed by atoms with Crippen LogP contribution < -0.4 is 10.1 Å². The van der Waals surface area contributed by atoms with E-state index in [2.05, 4.69) is 20.6 Å². The van der Waals surface area contributed by atoms with Gasteiger partial charge in [-0.3, -0.25) is 4.79 Å². The number of anilines is 1. The van der Waals surface area contributed by atoms with E-state index in [9.17, 15) is 4.79 Å². The van der Waals surface area contributed by atoms with Crippen molar-refractivity contribution in [2.24, 2.45) is 0 Å². The Bertz CT molecular complexity index is 1310. The summed E-state index contributed by atoms with van der Waals surface area (Å²) in [6.07, 6.45) is 1.54. The van der Waals surface area contributed by atoms with E-state index in [0.717, 1.165) is 16.1 Å². The van der Waals surface area contributed by atoms with Crippen LogP contribution in [0.1, 0.15) is 10.6 Å². The maximum absolute atomic E-state index is 12.8. The van der Waals surface area contributed by atoms with E-state index in [-0.39, 0.29) is 11.7 Å². The Hall–Kier alpha value is -3.98. The van der Waals surface area contributed by atoms with E-state index >= 15 is 0 Å². The minimum absolute atomic E-state index is 0.208. The Morgan fingerprint density at radius 2 is 1.97 bits per heavy atom. The fraction of sp³-hybridized carbons (Fsp3) is 0.0476. The number of benzene rings is 2. The Kier molecular flexibility index (Phi) is 4.49. The number of nitrogens with zero attached hydrogens (tertiary/aromatic N) is 4. The fourth-order valence-corrected chi connectivity index (χ4v) is 3.83. The number of carbonyl (C=O) groups is 1. The smallest absolute Gasteiger partial charge is 0.291 e. The van der Waals surface area contributed by atoms with Gasteiger partial charge in [0.1, 0.15) is 22.8 Å². The second kappa shape index (κ2) is 7.45. The summed E-state index contributed by atoms with van der Waals surface area (Å²) >= 11 is 1.40. The van der Waals surface area contributed by atoms with Gasteiger partial charge in [0.25, 0.3) is 5.91 Å². The molecule has 0 aliphatic carbocycles. The lowest BCUT2D eigenvalue weighted by molar-refractivity contribution is 0.0997. The van der Waals surface area contributed by atoms with Crippen molar-refractivity contribution in [2.45, 2.75) is 0 Å². The molecule has 1 amide bonds. The molecule has 30 heavy (non-hydrogen) atoms. The molecule has 0 bridgehead atoms.